The summed E-state index contributed by atoms with van der Waals surface area (Å²) >= 11 is 1.98. The Kier molecular flexibility index (Phi) is 4.41. The minimum Gasteiger partial charge on any atom is -0.454 e. The summed E-state index contributed by atoms with van der Waals surface area (Å²) in [4.78, 5) is 1.39. The van der Waals surface area contributed by atoms with E-state index in [1.54, 1.807) is 0 Å². The molecular formula is C36H23NOS. The van der Waals surface area contributed by atoms with Crippen LogP contribution in [0.3, 0.4) is 0 Å². The van der Waals surface area contributed by atoms with Gasteiger partial charge in [-0.05, 0) is 53.1 Å². The van der Waals surface area contributed by atoms with Crippen LogP contribution in [0.2, 0.25) is 0 Å². The van der Waals surface area contributed by atoms with Crippen molar-refractivity contribution in [1.29, 1.82) is 0 Å². The first-order chi connectivity index (χ1) is 19.3. The summed E-state index contributed by atoms with van der Waals surface area (Å²) in [7, 11) is 0. The molecule has 3 heterocycles. The Balaban J connectivity index is 1.28. The summed E-state index contributed by atoms with van der Waals surface area (Å²) < 4.78 is 8.98. The Hall–Kier alpha value is -4.47. The molecule has 7 aromatic rings. The van der Waals surface area contributed by atoms with Crippen LogP contribution >= 0.6 is 11.8 Å². The van der Waals surface area contributed by atoms with E-state index in [1.807, 2.05) is 11.8 Å². The van der Waals surface area contributed by atoms with E-state index in [4.69, 9.17) is 4.42 Å². The molecular weight excluding hydrogens is 494 g/mol. The number of nitrogens with zero attached hydrogens (tertiary/aromatic N) is 1. The standard InChI is InChI=1S/C36H23NOS/c1-4-14-29-24(9-1)25-10-2-5-15-30(25)37(29)31-16-7-13-26-28-21-22(19-20-32(28)38-36(26)31)23-12-8-18-34-35(23)27-11-3-6-17-33(27)39-34/h1-21,27,33H. The van der Waals surface area contributed by atoms with Crippen LogP contribution in [0.5, 0.6) is 0 Å². The smallest absolute Gasteiger partial charge is 0.159 e. The summed E-state index contributed by atoms with van der Waals surface area (Å²) in [6.45, 7) is 0. The van der Waals surface area contributed by atoms with Crippen LogP contribution in [0, 0.1) is 0 Å². The van der Waals surface area contributed by atoms with Gasteiger partial charge in [0.1, 0.15) is 5.58 Å². The van der Waals surface area contributed by atoms with E-state index in [1.165, 1.54) is 43.4 Å². The van der Waals surface area contributed by atoms with Gasteiger partial charge in [-0.1, -0.05) is 91.0 Å². The summed E-state index contributed by atoms with van der Waals surface area (Å²) in [5.41, 5.74) is 9.30. The average Bonchev–Trinajstić information content (AvgIpc) is 3.66. The summed E-state index contributed by atoms with van der Waals surface area (Å²) in [6, 6.07) is 37.2. The number of thioether (sulfide) groups is 1. The number of furan rings is 1. The Bertz CT molecular complexity index is 2120. The van der Waals surface area contributed by atoms with Crippen molar-refractivity contribution in [3.05, 3.63) is 133 Å². The van der Waals surface area contributed by atoms with Crippen LogP contribution in [-0.2, 0) is 0 Å². The van der Waals surface area contributed by atoms with Crippen molar-refractivity contribution in [2.24, 2.45) is 0 Å². The zero-order chi connectivity index (χ0) is 25.5. The van der Waals surface area contributed by atoms with Gasteiger partial charge in [-0.25, -0.2) is 0 Å². The number of hydrogen-bond donors (Lipinski definition) is 0. The molecule has 0 fully saturated rings. The highest BCUT2D eigenvalue weighted by Gasteiger charge is 2.33. The van der Waals surface area contributed by atoms with Gasteiger partial charge in [0.2, 0.25) is 0 Å². The maximum atomic E-state index is 6.63. The van der Waals surface area contributed by atoms with Crippen molar-refractivity contribution in [2.45, 2.75) is 16.1 Å². The molecule has 2 unspecified atom stereocenters. The van der Waals surface area contributed by atoms with Crippen molar-refractivity contribution in [2.75, 3.05) is 0 Å². The Labute approximate surface area is 229 Å². The van der Waals surface area contributed by atoms with Crippen molar-refractivity contribution >= 4 is 55.5 Å². The third-order valence-electron chi connectivity index (χ3n) is 8.35. The van der Waals surface area contributed by atoms with Gasteiger partial charge in [-0.2, -0.15) is 0 Å². The molecule has 184 valence electrons. The number of fused-ring (bicyclic) bond motifs is 9. The van der Waals surface area contributed by atoms with Crippen molar-refractivity contribution in [3.8, 4) is 16.8 Å². The second-order valence-corrected chi connectivity index (χ2v) is 11.7. The maximum Gasteiger partial charge on any atom is 0.159 e. The van der Waals surface area contributed by atoms with Crippen molar-refractivity contribution < 1.29 is 4.42 Å². The normalized spacial score (nSPS) is 17.9. The maximum absolute atomic E-state index is 6.63. The first-order valence-electron chi connectivity index (χ1n) is 13.4. The van der Waals surface area contributed by atoms with Gasteiger partial charge in [-0.3, -0.25) is 0 Å². The summed E-state index contributed by atoms with van der Waals surface area (Å²) in [5.74, 6) is 0.421. The molecule has 3 heteroatoms. The monoisotopic (exact) mass is 517 g/mol. The van der Waals surface area contributed by atoms with Crippen LogP contribution in [0.15, 0.2) is 137 Å². The molecule has 2 nitrogen and oxygen atoms in total. The lowest BCUT2D eigenvalue weighted by atomic mass is 9.86. The number of rotatable bonds is 2. The summed E-state index contributed by atoms with van der Waals surface area (Å²) in [5, 5.41) is 5.29. The predicted molar refractivity (Wildman–Crippen MR) is 164 cm³/mol. The quantitative estimate of drug-likeness (QED) is 0.227. The molecule has 2 aromatic heterocycles. The number of aromatic nitrogens is 1. The molecule has 0 saturated heterocycles. The topological polar surface area (TPSA) is 18.1 Å². The Morgan fingerprint density at radius 2 is 1.38 bits per heavy atom. The minimum atomic E-state index is 0.421. The van der Waals surface area contributed by atoms with Crippen LogP contribution in [-0.4, -0.2) is 9.82 Å². The molecule has 0 radical (unpaired) electrons. The molecule has 0 N–H and O–H groups in total. The van der Waals surface area contributed by atoms with Gasteiger partial charge in [0.05, 0.1) is 16.7 Å². The highest BCUT2D eigenvalue weighted by Crippen LogP contribution is 2.51. The zero-order valence-corrected chi connectivity index (χ0v) is 21.9. The van der Waals surface area contributed by atoms with Gasteiger partial charge in [-0.15, -0.1) is 11.8 Å². The Morgan fingerprint density at radius 3 is 2.23 bits per heavy atom. The van der Waals surface area contributed by atoms with Crippen LogP contribution in [0.4, 0.5) is 0 Å². The van der Waals surface area contributed by atoms with E-state index in [-0.39, 0.29) is 0 Å². The summed E-state index contributed by atoms with van der Waals surface area (Å²) in [6.07, 6.45) is 9.06. The molecule has 2 atom stereocenters. The highest BCUT2D eigenvalue weighted by molar-refractivity contribution is 8.00. The first-order valence-corrected chi connectivity index (χ1v) is 14.3. The lowest BCUT2D eigenvalue weighted by Gasteiger charge is -2.17. The molecule has 9 rings (SSSR count). The molecule has 1 aliphatic heterocycles. The fourth-order valence-electron chi connectivity index (χ4n) is 6.66. The van der Waals surface area contributed by atoms with Gasteiger partial charge in [0.25, 0.3) is 0 Å². The SMILES string of the molecule is C1=CC2Sc3cccc(-c4ccc5oc6c(-n7c8ccccc8c8ccccc87)cccc6c5c4)c3C2C=C1. The first kappa shape index (κ1) is 21.5. The highest BCUT2D eigenvalue weighted by atomic mass is 32.2. The van der Waals surface area contributed by atoms with E-state index in [0.717, 1.165) is 27.6 Å². The predicted octanol–water partition coefficient (Wildman–Crippen LogP) is 10.0. The number of para-hydroxylation sites is 3. The molecule has 0 bridgehead atoms. The van der Waals surface area contributed by atoms with Crippen LogP contribution < -0.4 is 0 Å². The van der Waals surface area contributed by atoms with E-state index in [2.05, 4.69) is 132 Å². The van der Waals surface area contributed by atoms with Gasteiger partial charge < -0.3 is 8.98 Å². The van der Waals surface area contributed by atoms with E-state index < -0.39 is 0 Å². The second-order valence-electron chi connectivity index (χ2n) is 10.4. The van der Waals surface area contributed by atoms with Crippen LogP contribution in [0.1, 0.15) is 11.5 Å². The molecule has 1 aliphatic carbocycles. The van der Waals surface area contributed by atoms with E-state index >= 15 is 0 Å². The van der Waals surface area contributed by atoms with Crippen molar-refractivity contribution in [1.82, 2.24) is 4.57 Å². The average molecular weight is 518 g/mol. The molecule has 5 aromatic carbocycles. The molecule has 39 heavy (non-hydrogen) atoms. The molecule has 0 amide bonds. The number of hydrogen-bond acceptors (Lipinski definition) is 2. The Morgan fingerprint density at radius 1 is 0.641 bits per heavy atom. The zero-order valence-electron chi connectivity index (χ0n) is 21.0. The largest absolute Gasteiger partial charge is 0.454 e. The van der Waals surface area contributed by atoms with E-state index in [9.17, 15) is 0 Å². The van der Waals surface area contributed by atoms with Gasteiger partial charge in [0, 0.05) is 37.6 Å². The third-order valence-corrected chi connectivity index (χ3v) is 9.69. The number of allylic oxidation sites excluding steroid dienone is 3. The number of benzene rings is 5. The molecule has 0 saturated carbocycles. The lowest BCUT2D eigenvalue weighted by molar-refractivity contribution is 0.666. The lowest BCUT2D eigenvalue weighted by Crippen LogP contribution is -2.07. The second kappa shape index (κ2) is 8.02. The molecule has 0 spiro atoms. The minimum absolute atomic E-state index is 0.421. The van der Waals surface area contributed by atoms with Crippen LogP contribution in [0.25, 0.3) is 60.6 Å². The third kappa shape index (κ3) is 2.99. The molecule has 2 aliphatic rings. The van der Waals surface area contributed by atoms with E-state index in [0.29, 0.717) is 11.2 Å². The fraction of sp³-hybridized carbons (Fsp3) is 0.0556. The van der Waals surface area contributed by atoms with Gasteiger partial charge in [0.15, 0.2) is 5.58 Å². The van der Waals surface area contributed by atoms with Crippen molar-refractivity contribution in [3.63, 3.8) is 0 Å². The fourth-order valence-corrected chi connectivity index (χ4v) is 8.02. The van der Waals surface area contributed by atoms with Gasteiger partial charge >= 0.3 is 0 Å².